The van der Waals surface area contributed by atoms with Gasteiger partial charge in [0.1, 0.15) is 4.21 Å². The second-order valence-corrected chi connectivity index (χ2v) is 9.52. The zero-order valence-corrected chi connectivity index (χ0v) is 15.1. The van der Waals surface area contributed by atoms with Crippen molar-refractivity contribution in [1.29, 1.82) is 0 Å². The third kappa shape index (κ3) is 3.11. The van der Waals surface area contributed by atoms with E-state index < -0.39 is 10.0 Å². The summed E-state index contributed by atoms with van der Waals surface area (Å²) in [7, 11) is -3.37. The van der Waals surface area contributed by atoms with Gasteiger partial charge in [-0.1, -0.05) is 6.92 Å². The minimum Gasteiger partial charge on any atom is -0.301 e. The van der Waals surface area contributed by atoms with Gasteiger partial charge >= 0.3 is 0 Å². The Bertz CT molecular complexity index is 743. The Morgan fingerprint density at radius 1 is 1.23 bits per heavy atom. The first-order valence-corrected chi connectivity index (χ1v) is 10.4. The number of thiazole rings is 1. The molecule has 3 rings (SSSR count). The van der Waals surface area contributed by atoms with Crippen LogP contribution in [0.4, 0.5) is 0 Å². The molecule has 1 aliphatic heterocycles. The van der Waals surface area contributed by atoms with Crippen LogP contribution in [0, 0.1) is 6.92 Å². The summed E-state index contributed by atoms with van der Waals surface area (Å²) in [4.78, 5) is 7.60. The van der Waals surface area contributed by atoms with Crippen LogP contribution in [0.1, 0.15) is 11.9 Å². The van der Waals surface area contributed by atoms with Crippen molar-refractivity contribution in [3.63, 3.8) is 0 Å². The quantitative estimate of drug-likeness (QED) is 0.844. The van der Waals surface area contributed by atoms with Crippen LogP contribution in [0.5, 0.6) is 0 Å². The summed E-state index contributed by atoms with van der Waals surface area (Å²) >= 11 is 2.88. The number of sulfonamides is 1. The third-order valence-corrected chi connectivity index (χ3v) is 8.07. The normalized spacial score (nSPS) is 17.9. The van der Waals surface area contributed by atoms with Gasteiger partial charge in [0.15, 0.2) is 0 Å². The lowest BCUT2D eigenvalue weighted by Crippen LogP contribution is -2.48. The SMILES string of the molecule is CCN1CCN(S(=O)(=O)c2ccc(-c3csc(C)n3)s2)CC1. The minimum atomic E-state index is -3.37. The largest absolute Gasteiger partial charge is 0.301 e. The molecule has 1 saturated heterocycles. The molecular formula is C14H19N3O2S3. The van der Waals surface area contributed by atoms with Crippen molar-refractivity contribution < 1.29 is 8.42 Å². The molecule has 0 spiro atoms. The molecule has 22 heavy (non-hydrogen) atoms. The van der Waals surface area contributed by atoms with Gasteiger partial charge in [0.25, 0.3) is 10.0 Å². The zero-order chi connectivity index (χ0) is 15.7. The van der Waals surface area contributed by atoms with Crippen LogP contribution in [0.25, 0.3) is 10.6 Å². The number of nitrogens with zero attached hydrogens (tertiary/aromatic N) is 3. The monoisotopic (exact) mass is 357 g/mol. The maximum absolute atomic E-state index is 12.7. The fourth-order valence-corrected chi connectivity index (χ4v) is 6.02. The van der Waals surface area contributed by atoms with E-state index in [1.54, 1.807) is 21.7 Å². The summed E-state index contributed by atoms with van der Waals surface area (Å²) in [6, 6.07) is 3.56. The number of hydrogen-bond donors (Lipinski definition) is 0. The van der Waals surface area contributed by atoms with Crippen LogP contribution in [-0.4, -0.2) is 55.3 Å². The van der Waals surface area contributed by atoms with E-state index in [-0.39, 0.29) is 0 Å². The molecule has 0 bridgehead atoms. The molecule has 8 heteroatoms. The van der Waals surface area contributed by atoms with Crippen molar-refractivity contribution in [2.75, 3.05) is 32.7 Å². The van der Waals surface area contributed by atoms with Crippen molar-refractivity contribution in [2.45, 2.75) is 18.1 Å². The lowest BCUT2D eigenvalue weighted by Gasteiger charge is -2.32. The molecule has 120 valence electrons. The predicted octanol–water partition coefficient (Wildman–Crippen LogP) is 2.51. The summed E-state index contributed by atoms with van der Waals surface area (Å²) in [5, 5.41) is 2.96. The van der Waals surface area contributed by atoms with Gasteiger partial charge in [0.2, 0.25) is 0 Å². The maximum atomic E-state index is 12.7. The molecule has 0 aliphatic carbocycles. The molecule has 0 radical (unpaired) electrons. The van der Waals surface area contributed by atoms with Crippen LogP contribution in [0.3, 0.4) is 0 Å². The Balaban J connectivity index is 1.80. The van der Waals surface area contributed by atoms with Gasteiger partial charge in [-0.3, -0.25) is 0 Å². The van der Waals surface area contributed by atoms with Crippen LogP contribution in [-0.2, 0) is 10.0 Å². The fourth-order valence-electron chi connectivity index (χ4n) is 2.49. The van der Waals surface area contributed by atoms with Gasteiger partial charge in [-0.05, 0) is 25.6 Å². The number of hydrogen-bond acceptors (Lipinski definition) is 6. The van der Waals surface area contributed by atoms with Gasteiger partial charge in [-0.15, -0.1) is 22.7 Å². The number of aryl methyl sites for hydroxylation is 1. The van der Waals surface area contributed by atoms with E-state index in [9.17, 15) is 8.42 Å². The molecule has 1 aliphatic rings. The van der Waals surface area contributed by atoms with E-state index in [2.05, 4.69) is 16.8 Å². The number of thiophene rings is 1. The Labute approximate surface area is 139 Å². The van der Waals surface area contributed by atoms with Gasteiger partial charge in [0, 0.05) is 31.6 Å². The highest BCUT2D eigenvalue weighted by Crippen LogP contribution is 2.33. The highest BCUT2D eigenvalue weighted by molar-refractivity contribution is 7.91. The minimum absolute atomic E-state index is 0.415. The van der Waals surface area contributed by atoms with Gasteiger partial charge in [-0.2, -0.15) is 4.31 Å². The molecule has 0 N–H and O–H groups in total. The van der Waals surface area contributed by atoms with Crippen molar-refractivity contribution >= 4 is 32.7 Å². The lowest BCUT2D eigenvalue weighted by molar-refractivity contribution is 0.196. The van der Waals surface area contributed by atoms with Crippen LogP contribution in [0.15, 0.2) is 21.7 Å². The van der Waals surface area contributed by atoms with E-state index in [0.29, 0.717) is 17.3 Å². The number of aromatic nitrogens is 1. The highest BCUT2D eigenvalue weighted by atomic mass is 32.2. The fraction of sp³-hybridized carbons (Fsp3) is 0.500. The second kappa shape index (κ2) is 6.37. The molecule has 0 unspecified atom stereocenters. The summed E-state index contributed by atoms with van der Waals surface area (Å²) in [6.07, 6.45) is 0. The van der Waals surface area contributed by atoms with Crippen molar-refractivity contribution in [3.8, 4) is 10.6 Å². The first-order chi connectivity index (χ1) is 10.5. The lowest BCUT2D eigenvalue weighted by atomic mass is 10.4. The molecule has 0 atom stereocenters. The molecular weight excluding hydrogens is 338 g/mol. The summed E-state index contributed by atoms with van der Waals surface area (Å²) < 4.78 is 27.5. The Morgan fingerprint density at radius 3 is 2.55 bits per heavy atom. The Hall–Kier alpha value is -0.800. The highest BCUT2D eigenvalue weighted by Gasteiger charge is 2.29. The average Bonchev–Trinajstić information content (AvgIpc) is 3.16. The molecule has 2 aromatic heterocycles. The average molecular weight is 358 g/mol. The smallest absolute Gasteiger partial charge is 0.252 e. The Morgan fingerprint density at radius 2 is 1.95 bits per heavy atom. The first-order valence-electron chi connectivity index (χ1n) is 7.25. The summed E-state index contributed by atoms with van der Waals surface area (Å²) in [5.41, 5.74) is 0.866. The van der Waals surface area contributed by atoms with E-state index in [0.717, 1.165) is 35.2 Å². The van der Waals surface area contributed by atoms with Crippen LogP contribution >= 0.6 is 22.7 Å². The molecule has 1 fully saturated rings. The Kier molecular flexibility index (Phi) is 4.65. The van der Waals surface area contributed by atoms with Crippen LogP contribution < -0.4 is 0 Å². The van der Waals surface area contributed by atoms with Crippen LogP contribution in [0.2, 0.25) is 0 Å². The molecule has 5 nitrogen and oxygen atoms in total. The van der Waals surface area contributed by atoms with Gasteiger partial charge < -0.3 is 4.90 Å². The van der Waals surface area contributed by atoms with E-state index in [1.165, 1.54) is 11.3 Å². The summed E-state index contributed by atoms with van der Waals surface area (Å²) in [5.74, 6) is 0. The standard InChI is InChI=1S/C14H19N3O2S3/c1-3-16-6-8-17(9-7-16)22(18,19)14-5-4-13(21-14)12-10-20-11(2)15-12/h4-5,10H,3,6-9H2,1-2H3. The van der Waals surface area contributed by atoms with E-state index in [1.807, 2.05) is 18.4 Å². The van der Waals surface area contributed by atoms with E-state index in [4.69, 9.17) is 0 Å². The third-order valence-electron chi connectivity index (χ3n) is 3.83. The zero-order valence-electron chi connectivity index (χ0n) is 12.7. The topological polar surface area (TPSA) is 53.5 Å². The molecule has 3 heterocycles. The predicted molar refractivity (Wildman–Crippen MR) is 91.0 cm³/mol. The second-order valence-electron chi connectivity index (χ2n) is 5.21. The van der Waals surface area contributed by atoms with Gasteiger partial charge in [-0.25, -0.2) is 13.4 Å². The van der Waals surface area contributed by atoms with Crippen molar-refractivity contribution in [1.82, 2.24) is 14.2 Å². The first kappa shape index (κ1) is 16.1. The number of rotatable bonds is 4. The number of likely N-dealkylation sites (N-methyl/N-ethyl adjacent to an activating group) is 1. The molecule has 0 aromatic carbocycles. The molecule has 0 saturated carbocycles. The van der Waals surface area contributed by atoms with Gasteiger partial charge in [0.05, 0.1) is 15.6 Å². The summed E-state index contributed by atoms with van der Waals surface area (Å²) in [6.45, 7) is 7.77. The van der Waals surface area contributed by atoms with Crippen molar-refractivity contribution in [2.24, 2.45) is 0 Å². The molecule has 2 aromatic rings. The number of piperazine rings is 1. The van der Waals surface area contributed by atoms with Crippen molar-refractivity contribution in [3.05, 3.63) is 22.5 Å². The maximum Gasteiger partial charge on any atom is 0.252 e. The van der Waals surface area contributed by atoms with E-state index >= 15 is 0 Å². The molecule has 0 amide bonds.